The normalized spacial score (nSPS) is 11.7. The molecule has 0 aliphatic heterocycles. The Balaban J connectivity index is 1.56. The molecule has 0 radical (unpaired) electrons. The van der Waals surface area contributed by atoms with Crippen LogP contribution < -0.4 is 10.6 Å². The lowest BCUT2D eigenvalue weighted by atomic mass is 10.1. The van der Waals surface area contributed by atoms with Gasteiger partial charge < -0.3 is 15.5 Å². The van der Waals surface area contributed by atoms with Crippen molar-refractivity contribution in [1.82, 2.24) is 15.2 Å². The van der Waals surface area contributed by atoms with E-state index in [-0.39, 0.29) is 42.6 Å². The molecule has 184 valence electrons. The van der Waals surface area contributed by atoms with Gasteiger partial charge in [-0.25, -0.2) is 4.98 Å². The van der Waals surface area contributed by atoms with Gasteiger partial charge in [-0.15, -0.1) is 11.3 Å². The van der Waals surface area contributed by atoms with Gasteiger partial charge in [-0.2, -0.15) is 0 Å². The number of anilines is 1. The average Bonchev–Trinajstić information content (AvgIpc) is 3.25. The molecule has 0 aliphatic rings. The Morgan fingerprint density at radius 2 is 1.66 bits per heavy atom. The maximum absolute atomic E-state index is 13.0. The minimum absolute atomic E-state index is 0.0745. The molecule has 0 spiro atoms. The Morgan fingerprint density at radius 1 is 0.971 bits per heavy atom. The Labute approximate surface area is 210 Å². The van der Waals surface area contributed by atoms with Gasteiger partial charge in [0.05, 0.1) is 18.2 Å². The summed E-state index contributed by atoms with van der Waals surface area (Å²) in [5, 5.41) is 7.89. The van der Waals surface area contributed by atoms with Crippen molar-refractivity contribution in [2.45, 2.75) is 40.2 Å². The summed E-state index contributed by atoms with van der Waals surface area (Å²) < 4.78 is 0. The molecular formula is C27H32N4O3S. The first kappa shape index (κ1) is 26.1. The number of nitrogens with one attached hydrogen (secondary N) is 2. The highest BCUT2D eigenvalue weighted by Gasteiger charge is 2.21. The SMILES string of the molecule is Cc1ccc(C(=O)N(CC(=O)Nc2nc(CC(=O)NC(C)c3ccccc3)cs2)CC(C)C)cc1. The molecule has 0 fully saturated rings. The van der Waals surface area contributed by atoms with Gasteiger partial charge in [0.15, 0.2) is 5.13 Å². The number of rotatable bonds is 10. The summed E-state index contributed by atoms with van der Waals surface area (Å²) >= 11 is 1.26. The van der Waals surface area contributed by atoms with Crippen LogP contribution in [0, 0.1) is 12.8 Å². The van der Waals surface area contributed by atoms with Gasteiger partial charge in [0, 0.05) is 17.5 Å². The van der Waals surface area contributed by atoms with Crippen molar-refractivity contribution in [3.8, 4) is 0 Å². The van der Waals surface area contributed by atoms with E-state index in [1.54, 1.807) is 22.4 Å². The van der Waals surface area contributed by atoms with Crippen molar-refractivity contribution < 1.29 is 14.4 Å². The van der Waals surface area contributed by atoms with Gasteiger partial charge in [0.1, 0.15) is 6.54 Å². The van der Waals surface area contributed by atoms with Crippen molar-refractivity contribution in [3.63, 3.8) is 0 Å². The smallest absolute Gasteiger partial charge is 0.254 e. The molecule has 1 atom stereocenters. The standard InChI is InChI=1S/C27H32N4O3S/c1-18(2)15-31(26(34)22-12-10-19(3)11-13-22)16-25(33)30-27-29-23(17-35-27)14-24(32)28-20(4)21-8-6-5-7-9-21/h5-13,17-18,20H,14-16H2,1-4H3,(H,28,32)(H,29,30,33). The van der Waals surface area contributed by atoms with Gasteiger partial charge in [0.25, 0.3) is 5.91 Å². The van der Waals surface area contributed by atoms with Crippen LogP contribution in [-0.4, -0.2) is 40.7 Å². The molecule has 0 aliphatic carbocycles. The average molecular weight is 493 g/mol. The van der Waals surface area contributed by atoms with E-state index in [1.807, 2.05) is 70.2 Å². The molecule has 3 rings (SSSR count). The van der Waals surface area contributed by atoms with E-state index < -0.39 is 0 Å². The first-order chi connectivity index (χ1) is 16.7. The molecule has 1 aromatic heterocycles. The molecule has 2 N–H and O–H groups in total. The van der Waals surface area contributed by atoms with E-state index in [4.69, 9.17) is 0 Å². The highest BCUT2D eigenvalue weighted by Crippen LogP contribution is 2.17. The van der Waals surface area contributed by atoms with Crippen LogP contribution in [-0.2, 0) is 16.0 Å². The Bertz CT molecular complexity index is 1140. The van der Waals surface area contributed by atoms with Crippen molar-refractivity contribution in [2.24, 2.45) is 5.92 Å². The number of hydrogen-bond donors (Lipinski definition) is 2. The minimum atomic E-state index is -0.325. The summed E-state index contributed by atoms with van der Waals surface area (Å²) in [6.07, 6.45) is 0.120. The highest BCUT2D eigenvalue weighted by molar-refractivity contribution is 7.13. The largest absolute Gasteiger partial charge is 0.349 e. The summed E-state index contributed by atoms with van der Waals surface area (Å²) in [6, 6.07) is 16.9. The van der Waals surface area contributed by atoms with Crippen LogP contribution in [0.2, 0.25) is 0 Å². The Kier molecular flexibility index (Phi) is 9.14. The van der Waals surface area contributed by atoms with Gasteiger partial charge in [-0.1, -0.05) is 61.9 Å². The van der Waals surface area contributed by atoms with Gasteiger partial charge in [-0.3, -0.25) is 14.4 Å². The maximum atomic E-state index is 13.0. The van der Waals surface area contributed by atoms with Gasteiger partial charge in [-0.05, 0) is 37.5 Å². The van der Waals surface area contributed by atoms with Crippen molar-refractivity contribution in [1.29, 1.82) is 0 Å². The number of benzene rings is 2. The third-order valence-electron chi connectivity index (χ3n) is 5.32. The number of hydrogen-bond acceptors (Lipinski definition) is 5. The number of carbonyl (C=O) groups is 3. The fraction of sp³-hybridized carbons (Fsp3) is 0.333. The van der Waals surface area contributed by atoms with Gasteiger partial charge >= 0.3 is 0 Å². The second-order valence-corrected chi connectivity index (χ2v) is 9.87. The van der Waals surface area contributed by atoms with E-state index in [0.717, 1.165) is 11.1 Å². The summed E-state index contributed by atoms with van der Waals surface area (Å²) in [7, 11) is 0. The number of nitrogens with zero attached hydrogens (tertiary/aromatic N) is 2. The van der Waals surface area contributed by atoms with Gasteiger partial charge in [0.2, 0.25) is 11.8 Å². The molecule has 0 bridgehead atoms. The second-order valence-electron chi connectivity index (χ2n) is 9.01. The van der Waals surface area contributed by atoms with E-state index in [9.17, 15) is 14.4 Å². The molecule has 2 aromatic carbocycles. The molecular weight excluding hydrogens is 460 g/mol. The molecule has 0 saturated heterocycles. The Morgan fingerprint density at radius 3 is 2.31 bits per heavy atom. The summed E-state index contributed by atoms with van der Waals surface area (Å²) in [5.41, 5.74) is 3.23. The quantitative estimate of drug-likeness (QED) is 0.432. The van der Waals surface area contributed by atoms with Crippen LogP contribution in [0.4, 0.5) is 5.13 Å². The number of aromatic nitrogens is 1. The first-order valence-corrected chi connectivity index (χ1v) is 12.5. The molecule has 1 unspecified atom stereocenters. The highest BCUT2D eigenvalue weighted by atomic mass is 32.1. The predicted octanol–water partition coefficient (Wildman–Crippen LogP) is 4.61. The minimum Gasteiger partial charge on any atom is -0.349 e. The fourth-order valence-electron chi connectivity index (χ4n) is 3.60. The third-order valence-corrected chi connectivity index (χ3v) is 6.13. The maximum Gasteiger partial charge on any atom is 0.254 e. The number of carbonyl (C=O) groups excluding carboxylic acids is 3. The van der Waals surface area contributed by atoms with Crippen LogP contribution in [0.1, 0.15) is 54.0 Å². The van der Waals surface area contributed by atoms with E-state index in [2.05, 4.69) is 15.6 Å². The summed E-state index contributed by atoms with van der Waals surface area (Å²) in [4.78, 5) is 44.0. The van der Waals surface area contributed by atoms with Crippen LogP contribution in [0.5, 0.6) is 0 Å². The molecule has 0 saturated carbocycles. The zero-order valence-corrected chi connectivity index (χ0v) is 21.4. The number of aryl methyl sites for hydroxylation is 1. The van der Waals surface area contributed by atoms with Crippen molar-refractivity contribution in [2.75, 3.05) is 18.4 Å². The lowest BCUT2D eigenvalue weighted by Crippen LogP contribution is -2.40. The first-order valence-electron chi connectivity index (χ1n) is 11.7. The van der Waals surface area contributed by atoms with Crippen LogP contribution >= 0.6 is 11.3 Å². The zero-order valence-electron chi connectivity index (χ0n) is 20.6. The monoisotopic (exact) mass is 492 g/mol. The lowest BCUT2D eigenvalue weighted by Gasteiger charge is -2.24. The van der Waals surface area contributed by atoms with Crippen LogP contribution in [0.15, 0.2) is 60.0 Å². The summed E-state index contributed by atoms with van der Waals surface area (Å²) in [6.45, 7) is 8.29. The summed E-state index contributed by atoms with van der Waals surface area (Å²) in [5.74, 6) is -0.441. The Hall–Kier alpha value is -3.52. The lowest BCUT2D eigenvalue weighted by molar-refractivity contribution is -0.121. The third kappa shape index (κ3) is 8.03. The molecule has 3 amide bonds. The number of amides is 3. The zero-order chi connectivity index (χ0) is 25.4. The molecule has 3 aromatic rings. The van der Waals surface area contributed by atoms with Crippen LogP contribution in [0.3, 0.4) is 0 Å². The number of thiazole rings is 1. The molecule has 7 nitrogen and oxygen atoms in total. The molecule has 8 heteroatoms. The predicted molar refractivity (Wildman–Crippen MR) is 139 cm³/mol. The fourth-order valence-corrected chi connectivity index (χ4v) is 4.32. The van der Waals surface area contributed by atoms with Crippen molar-refractivity contribution >= 4 is 34.2 Å². The van der Waals surface area contributed by atoms with E-state index >= 15 is 0 Å². The topological polar surface area (TPSA) is 91.4 Å². The van der Waals surface area contributed by atoms with Crippen molar-refractivity contribution in [3.05, 3.63) is 82.4 Å². The van der Waals surface area contributed by atoms with Crippen LogP contribution in [0.25, 0.3) is 0 Å². The van der Waals surface area contributed by atoms with E-state index in [1.165, 1.54) is 11.3 Å². The molecule has 35 heavy (non-hydrogen) atoms. The molecule has 1 heterocycles. The van der Waals surface area contributed by atoms with E-state index in [0.29, 0.717) is 22.9 Å². The second kappa shape index (κ2) is 12.3.